The van der Waals surface area contributed by atoms with Crippen LogP contribution in [0.15, 0.2) is 24.3 Å². The molecule has 20 heavy (non-hydrogen) atoms. The molecule has 0 unspecified atom stereocenters. The van der Waals surface area contributed by atoms with Gasteiger partial charge in [0.1, 0.15) is 0 Å². The Morgan fingerprint density at radius 1 is 1.05 bits per heavy atom. The van der Waals surface area contributed by atoms with Crippen molar-refractivity contribution >= 4 is 17.5 Å². The van der Waals surface area contributed by atoms with Crippen LogP contribution in [0.25, 0.3) is 0 Å². The Morgan fingerprint density at radius 3 is 2.45 bits per heavy atom. The van der Waals surface area contributed by atoms with Gasteiger partial charge in [-0.2, -0.15) is 0 Å². The number of likely N-dealkylation sites (tertiary alicyclic amines) is 1. The molecule has 0 N–H and O–H groups in total. The first-order valence-corrected chi connectivity index (χ1v) is 8.16. The Balaban J connectivity index is 1.71. The molecule has 2 nitrogen and oxygen atoms in total. The van der Waals surface area contributed by atoms with Gasteiger partial charge in [0.25, 0.3) is 0 Å². The molecule has 108 valence electrons. The molecule has 1 saturated heterocycles. The van der Waals surface area contributed by atoms with Gasteiger partial charge in [-0.3, -0.25) is 4.79 Å². The summed E-state index contributed by atoms with van der Waals surface area (Å²) in [5.41, 5.74) is 1.32. The Hall–Kier alpha value is -1.02. The summed E-state index contributed by atoms with van der Waals surface area (Å²) in [4.78, 5) is 14.6. The summed E-state index contributed by atoms with van der Waals surface area (Å²) in [5, 5.41) is 0.782. The minimum Gasteiger partial charge on any atom is -0.342 e. The van der Waals surface area contributed by atoms with Crippen LogP contribution in [0.1, 0.15) is 50.0 Å². The molecule has 0 spiro atoms. The molecule has 2 fully saturated rings. The molecule has 3 heteroatoms. The van der Waals surface area contributed by atoms with Crippen molar-refractivity contribution in [2.75, 3.05) is 13.1 Å². The van der Waals surface area contributed by atoms with Crippen LogP contribution in [0.2, 0.25) is 5.02 Å². The number of nitrogens with zero attached hydrogens (tertiary/aromatic N) is 1. The summed E-state index contributed by atoms with van der Waals surface area (Å²) in [7, 11) is 0. The first-order valence-electron chi connectivity index (χ1n) is 7.78. The van der Waals surface area contributed by atoms with Gasteiger partial charge in [-0.05, 0) is 43.4 Å². The fourth-order valence-corrected chi connectivity index (χ4v) is 3.39. The fraction of sp³-hybridized carbons (Fsp3) is 0.588. The predicted molar refractivity (Wildman–Crippen MR) is 82.0 cm³/mol. The molecule has 1 amide bonds. The summed E-state index contributed by atoms with van der Waals surface area (Å²) in [5.74, 6) is 1.19. The van der Waals surface area contributed by atoms with E-state index in [4.69, 9.17) is 11.6 Å². The smallest absolute Gasteiger partial charge is 0.225 e. The lowest BCUT2D eigenvalue weighted by Crippen LogP contribution is -2.40. The first kappa shape index (κ1) is 13.9. The average molecular weight is 292 g/mol. The predicted octanol–water partition coefficient (Wildman–Crippen LogP) is 4.24. The van der Waals surface area contributed by atoms with Crippen LogP contribution in [0.4, 0.5) is 0 Å². The zero-order valence-corrected chi connectivity index (χ0v) is 12.6. The quantitative estimate of drug-likeness (QED) is 0.798. The lowest BCUT2D eigenvalue weighted by Gasteiger charge is -2.32. The summed E-state index contributed by atoms with van der Waals surface area (Å²) in [6.45, 7) is 1.83. The van der Waals surface area contributed by atoms with E-state index in [-0.39, 0.29) is 0 Å². The van der Waals surface area contributed by atoms with Crippen molar-refractivity contribution < 1.29 is 4.79 Å². The third-order valence-corrected chi connectivity index (χ3v) is 5.03. The number of benzene rings is 1. The van der Waals surface area contributed by atoms with Gasteiger partial charge in [0.05, 0.1) is 0 Å². The molecule has 0 aromatic heterocycles. The second kappa shape index (κ2) is 6.17. The Morgan fingerprint density at radius 2 is 1.80 bits per heavy atom. The number of halogens is 1. The molecule has 1 aromatic rings. The topological polar surface area (TPSA) is 20.3 Å². The molecular formula is C17H22ClNO. The van der Waals surface area contributed by atoms with Crippen LogP contribution >= 0.6 is 11.6 Å². The molecule has 1 atom stereocenters. The number of rotatable bonds is 2. The lowest BCUT2D eigenvalue weighted by molar-refractivity contribution is -0.138. The van der Waals surface area contributed by atoms with Gasteiger partial charge in [-0.25, -0.2) is 0 Å². The number of carbonyl (C=O) groups is 1. The Kier molecular flexibility index (Phi) is 4.30. The highest BCUT2D eigenvalue weighted by Gasteiger charge is 2.31. The molecule has 0 bridgehead atoms. The normalized spacial score (nSPS) is 24.1. The molecule has 1 aliphatic heterocycles. The van der Waals surface area contributed by atoms with Crippen LogP contribution < -0.4 is 0 Å². The molecular weight excluding hydrogens is 270 g/mol. The zero-order chi connectivity index (χ0) is 13.9. The van der Waals surface area contributed by atoms with Crippen LogP contribution in [-0.4, -0.2) is 23.9 Å². The van der Waals surface area contributed by atoms with Crippen LogP contribution in [0.5, 0.6) is 0 Å². The van der Waals surface area contributed by atoms with E-state index in [1.165, 1.54) is 24.8 Å². The van der Waals surface area contributed by atoms with E-state index in [9.17, 15) is 4.79 Å². The highest BCUT2D eigenvalue weighted by Crippen LogP contribution is 2.32. The van der Waals surface area contributed by atoms with E-state index < -0.39 is 0 Å². The molecule has 1 aromatic carbocycles. The molecule has 1 aliphatic carbocycles. The van der Waals surface area contributed by atoms with Gasteiger partial charge in [0.2, 0.25) is 5.91 Å². The maximum absolute atomic E-state index is 12.5. The van der Waals surface area contributed by atoms with Gasteiger partial charge < -0.3 is 4.90 Å². The van der Waals surface area contributed by atoms with Crippen LogP contribution in [-0.2, 0) is 4.79 Å². The number of carbonyl (C=O) groups excluding carboxylic acids is 1. The summed E-state index contributed by atoms with van der Waals surface area (Å²) in [6.07, 6.45) is 6.95. The highest BCUT2D eigenvalue weighted by atomic mass is 35.5. The number of amides is 1. The largest absolute Gasteiger partial charge is 0.342 e. The van der Waals surface area contributed by atoms with Gasteiger partial charge in [-0.1, -0.05) is 36.6 Å². The fourth-order valence-electron chi connectivity index (χ4n) is 3.26. The van der Waals surface area contributed by atoms with Crippen LogP contribution in [0.3, 0.4) is 0 Å². The molecule has 1 heterocycles. The second-order valence-electron chi connectivity index (χ2n) is 6.16. The van der Waals surface area contributed by atoms with Crippen molar-refractivity contribution in [2.24, 2.45) is 5.92 Å². The summed E-state index contributed by atoms with van der Waals surface area (Å²) in [6, 6.07) is 8.15. The van der Waals surface area contributed by atoms with Crippen molar-refractivity contribution in [3.05, 3.63) is 34.9 Å². The van der Waals surface area contributed by atoms with Crippen molar-refractivity contribution in [1.82, 2.24) is 4.90 Å². The maximum Gasteiger partial charge on any atom is 0.225 e. The van der Waals surface area contributed by atoms with E-state index in [0.717, 1.165) is 37.4 Å². The molecule has 1 saturated carbocycles. The maximum atomic E-state index is 12.5. The number of hydrogen-bond donors (Lipinski definition) is 0. The van der Waals surface area contributed by atoms with Crippen LogP contribution in [0, 0.1) is 5.92 Å². The lowest BCUT2D eigenvalue weighted by atomic mass is 9.84. The second-order valence-corrected chi connectivity index (χ2v) is 6.59. The third-order valence-electron chi connectivity index (χ3n) is 4.78. The van der Waals surface area contributed by atoms with E-state index >= 15 is 0 Å². The monoisotopic (exact) mass is 291 g/mol. The van der Waals surface area contributed by atoms with Crippen molar-refractivity contribution in [2.45, 2.75) is 44.4 Å². The zero-order valence-electron chi connectivity index (χ0n) is 11.9. The van der Waals surface area contributed by atoms with E-state index in [0.29, 0.717) is 17.7 Å². The van der Waals surface area contributed by atoms with Gasteiger partial charge in [0, 0.05) is 29.9 Å². The number of hydrogen-bond acceptors (Lipinski definition) is 1. The minimum atomic E-state index is 0.318. The Bertz CT molecular complexity index is 466. The Labute approximate surface area is 126 Å². The SMILES string of the molecule is O=C(C1CCC1)N1CCCC[C@@H](c2ccc(Cl)cc2)C1. The average Bonchev–Trinajstić information content (AvgIpc) is 2.63. The highest BCUT2D eigenvalue weighted by molar-refractivity contribution is 6.30. The van der Waals surface area contributed by atoms with Gasteiger partial charge >= 0.3 is 0 Å². The summed E-state index contributed by atoms with van der Waals surface area (Å²) < 4.78 is 0. The van der Waals surface area contributed by atoms with Crippen molar-refractivity contribution in [3.63, 3.8) is 0 Å². The molecule has 3 rings (SSSR count). The van der Waals surface area contributed by atoms with E-state index in [1.54, 1.807) is 0 Å². The van der Waals surface area contributed by atoms with Gasteiger partial charge in [0.15, 0.2) is 0 Å². The molecule has 0 radical (unpaired) electrons. The van der Waals surface area contributed by atoms with Crippen molar-refractivity contribution in [3.8, 4) is 0 Å². The van der Waals surface area contributed by atoms with Gasteiger partial charge in [-0.15, -0.1) is 0 Å². The van der Waals surface area contributed by atoms with Crippen molar-refractivity contribution in [1.29, 1.82) is 0 Å². The minimum absolute atomic E-state index is 0.318. The summed E-state index contributed by atoms with van der Waals surface area (Å²) >= 11 is 5.97. The van der Waals surface area contributed by atoms with E-state index in [1.807, 2.05) is 12.1 Å². The van der Waals surface area contributed by atoms with E-state index in [2.05, 4.69) is 17.0 Å². The molecule has 2 aliphatic rings. The standard InChI is InChI=1S/C17H22ClNO/c18-16-9-7-13(8-10-16)15-4-1-2-11-19(12-15)17(20)14-5-3-6-14/h7-10,14-15H,1-6,11-12H2/t15-/m1/s1. The first-order chi connectivity index (χ1) is 9.74. The third kappa shape index (κ3) is 3.01.